The number of hydrogen-bond donors (Lipinski definition) is 1. The summed E-state index contributed by atoms with van der Waals surface area (Å²) in [6, 6.07) is 7.43. The molecule has 0 radical (unpaired) electrons. The first-order valence-electron chi connectivity index (χ1n) is 8.47. The van der Waals surface area contributed by atoms with Crippen molar-refractivity contribution in [2.75, 3.05) is 18.0 Å². The Bertz CT molecular complexity index is 831. The van der Waals surface area contributed by atoms with E-state index in [0.29, 0.717) is 28.7 Å². The third kappa shape index (κ3) is 3.22. The first kappa shape index (κ1) is 18.1. The smallest absolute Gasteiger partial charge is 0.305 e. The summed E-state index contributed by atoms with van der Waals surface area (Å²) in [4.78, 5) is 27.5. The van der Waals surface area contributed by atoms with Crippen LogP contribution in [0.25, 0.3) is 0 Å². The predicted octanol–water partition coefficient (Wildman–Crippen LogP) is 2.95. The van der Waals surface area contributed by atoms with Gasteiger partial charge in [-0.1, -0.05) is 31.3 Å². The number of carbonyl (C=O) groups is 2. The molecule has 0 saturated carbocycles. The Balaban J connectivity index is 1.91. The van der Waals surface area contributed by atoms with Crippen molar-refractivity contribution in [2.24, 2.45) is 5.92 Å². The van der Waals surface area contributed by atoms with E-state index in [1.54, 1.807) is 22.0 Å². The van der Waals surface area contributed by atoms with Gasteiger partial charge in [0.25, 0.3) is 5.91 Å². The highest BCUT2D eigenvalue weighted by Crippen LogP contribution is 2.39. The molecule has 1 fully saturated rings. The fourth-order valence-electron chi connectivity index (χ4n) is 3.10. The number of ether oxygens (including phenoxy) is 1. The van der Waals surface area contributed by atoms with Crippen LogP contribution in [-0.2, 0) is 9.59 Å². The maximum absolute atomic E-state index is 12.5. The molecule has 136 valence electrons. The molecule has 1 saturated heterocycles. The SMILES string of the molecule is CCN1C(=O)/C(=C/C=C2/Oc3ccccc3N2CCC(=O)O)[C@@H](C)C1=S. The maximum atomic E-state index is 12.5. The first-order chi connectivity index (χ1) is 12.4. The minimum atomic E-state index is -0.879. The number of hydrogen-bond acceptors (Lipinski definition) is 5. The lowest BCUT2D eigenvalue weighted by molar-refractivity contribution is -0.136. The van der Waals surface area contributed by atoms with E-state index in [4.69, 9.17) is 22.1 Å². The number of likely N-dealkylation sites (N-methyl/N-ethyl adjacent to an activating group) is 1. The van der Waals surface area contributed by atoms with Crippen LogP contribution in [0.5, 0.6) is 5.75 Å². The zero-order valence-electron chi connectivity index (χ0n) is 14.6. The summed E-state index contributed by atoms with van der Waals surface area (Å²) in [5.41, 5.74) is 1.43. The van der Waals surface area contributed by atoms with Gasteiger partial charge in [0, 0.05) is 24.6 Å². The van der Waals surface area contributed by atoms with Gasteiger partial charge in [0.1, 0.15) is 0 Å². The van der Waals surface area contributed by atoms with Crippen LogP contribution in [0.1, 0.15) is 20.3 Å². The number of thiocarbonyl (C=S) groups is 1. The number of anilines is 1. The van der Waals surface area contributed by atoms with E-state index in [1.165, 1.54) is 0 Å². The number of fused-ring (bicyclic) bond motifs is 1. The molecule has 6 nitrogen and oxygen atoms in total. The zero-order valence-corrected chi connectivity index (χ0v) is 15.5. The fraction of sp³-hybridized carbons (Fsp3) is 0.316. The number of carboxylic acid groups (broad SMARTS) is 1. The van der Waals surface area contributed by atoms with Crippen LogP contribution in [0.2, 0.25) is 0 Å². The van der Waals surface area contributed by atoms with E-state index < -0.39 is 5.97 Å². The average Bonchev–Trinajstić information content (AvgIpc) is 3.06. The van der Waals surface area contributed by atoms with Crippen LogP contribution in [0.3, 0.4) is 0 Å². The number of likely N-dealkylation sites (tertiary alicyclic amines) is 1. The van der Waals surface area contributed by atoms with Crippen LogP contribution >= 0.6 is 12.2 Å². The number of amides is 1. The van der Waals surface area contributed by atoms with Gasteiger partial charge < -0.3 is 19.6 Å². The second-order valence-corrected chi connectivity index (χ2v) is 6.52. The zero-order chi connectivity index (χ0) is 18.8. The molecule has 0 unspecified atom stereocenters. The van der Waals surface area contributed by atoms with Gasteiger partial charge in [-0.3, -0.25) is 9.59 Å². The maximum Gasteiger partial charge on any atom is 0.305 e. The van der Waals surface area contributed by atoms with Crippen molar-refractivity contribution >= 4 is 34.8 Å². The number of nitrogens with zero attached hydrogens (tertiary/aromatic N) is 2. The molecule has 3 rings (SSSR count). The first-order valence-corrected chi connectivity index (χ1v) is 8.88. The van der Waals surface area contributed by atoms with Crippen molar-refractivity contribution in [3.8, 4) is 5.75 Å². The third-order valence-corrected chi connectivity index (χ3v) is 5.08. The number of carbonyl (C=O) groups excluding carboxylic acids is 1. The summed E-state index contributed by atoms with van der Waals surface area (Å²) in [5, 5.41) is 9.00. The van der Waals surface area contributed by atoms with E-state index in [1.807, 2.05) is 38.1 Å². The van der Waals surface area contributed by atoms with Crippen molar-refractivity contribution in [1.82, 2.24) is 4.90 Å². The molecule has 2 aliphatic rings. The van der Waals surface area contributed by atoms with E-state index in [2.05, 4.69) is 0 Å². The van der Waals surface area contributed by atoms with E-state index in [-0.39, 0.29) is 24.8 Å². The van der Waals surface area contributed by atoms with Crippen molar-refractivity contribution in [1.29, 1.82) is 0 Å². The summed E-state index contributed by atoms with van der Waals surface area (Å²) < 4.78 is 5.85. The van der Waals surface area contributed by atoms with Crippen molar-refractivity contribution in [3.05, 3.63) is 47.9 Å². The molecule has 1 aromatic rings. The number of carboxylic acids is 1. The summed E-state index contributed by atoms with van der Waals surface area (Å²) >= 11 is 5.35. The minimum absolute atomic E-state index is 0.0192. The Morgan fingerprint density at radius 1 is 1.31 bits per heavy atom. The standard InChI is InChI=1S/C19H20N2O4S/c1-3-20-18(24)13(12(2)19(20)26)8-9-16-21(11-10-17(22)23)14-6-4-5-7-15(14)25-16/h4-9,12H,3,10-11H2,1-2H3,(H,22,23)/b13-8+,16-9+/t12-/m1/s1. The van der Waals surface area contributed by atoms with Gasteiger partial charge in [0.15, 0.2) is 5.75 Å². The predicted molar refractivity (Wildman–Crippen MR) is 102 cm³/mol. The highest BCUT2D eigenvalue weighted by Gasteiger charge is 2.36. The third-order valence-electron chi connectivity index (χ3n) is 4.50. The highest BCUT2D eigenvalue weighted by atomic mass is 32.1. The quantitative estimate of drug-likeness (QED) is 0.633. The highest BCUT2D eigenvalue weighted by molar-refractivity contribution is 7.80. The van der Waals surface area contributed by atoms with Gasteiger partial charge in [-0.05, 0) is 31.2 Å². The van der Waals surface area contributed by atoms with Crippen molar-refractivity contribution < 1.29 is 19.4 Å². The van der Waals surface area contributed by atoms with Gasteiger partial charge in [-0.25, -0.2) is 0 Å². The van der Waals surface area contributed by atoms with Crippen LogP contribution in [0, 0.1) is 5.92 Å². The largest absolute Gasteiger partial charge is 0.481 e. The minimum Gasteiger partial charge on any atom is -0.481 e. The molecular formula is C19H20N2O4S. The van der Waals surface area contributed by atoms with Gasteiger partial charge >= 0.3 is 5.97 Å². The molecule has 1 amide bonds. The van der Waals surface area contributed by atoms with Gasteiger partial charge in [-0.15, -0.1) is 0 Å². The Labute approximate surface area is 157 Å². The molecule has 0 bridgehead atoms. The van der Waals surface area contributed by atoms with Crippen molar-refractivity contribution in [3.63, 3.8) is 0 Å². The molecule has 2 heterocycles. The Hall–Kier alpha value is -2.67. The van der Waals surface area contributed by atoms with Crippen LogP contribution in [-0.4, -0.2) is 40.0 Å². The van der Waals surface area contributed by atoms with Crippen LogP contribution in [0.4, 0.5) is 5.69 Å². The van der Waals surface area contributed by atoms with Crippen molar-refractivity contribution in [2.45, 2.75) is 20.3 Å². The lowest BCUT2D eigenvalue weighted by Crippen LogP contribution is -2.28. The van der Waals surface area contributed by atoms with E-state index in [9.17, 15) is 9.59 Å². The summed E-state index contributed by atoms with van der Waals surface area (Å²) in [7, 11) is 0. The molecule has 0 aliphatic carbocycles. The molecule has 0 spiro atoms. The van der Waals surface area contributed by atoms with Gasteiger partial charge in [0.05, 0.1) is 17.1 Å². The average molecular weight is 372 g/mol. The number of para-hydroxylation sites is 2. The normalized spacial score (nSPS) is 22.3. The molecule has 2 aliphatic heterocycles. The summed E-state index contributed by atoms with van der Waals surface area (Å²) in [6.45, 7) is 4.63. The summed E-state index contributed by atoms with van der Waals surface area (Å²) in [5.74, 6) is 0.0652. The molecule has 0 aromatic heterocycles. The molecule has 1 atom stereocenters. The van der Waals surface area contributed by atoms with Crippen LogP contribution in [0.15, 0.2) is 47.9 Å². The lowest BCUT2D eigenvalue weighted by Gasteiger charge is -2.16. The second kappa shape index (κ2) is 7.29. The molecule has 26 heavy (non-hydrogen) atoms. The topological polar surface area (TPSA) is 70.1 Å². The number of allylic oxidation sites excluding steroid dienone is 2. The lowest BCUT2D eigenvalue weighted by atomic mass is 10.0. The number of benzene rings is 1. The monoisotopic (exact) mass is 372 g/mol. The Morgan fingerprint density at radius 2 is 2.04 bits per heavy atom. The fourth-order valence-corrected chi connectivity index (χ4v) is 3.44. The molecule has 1 N–H and O–H groups in total. The van der Waals surface area contributed by atoms with Crippen LogP contribution < -0.4 is 9.64 Å². The van der Waals surface area contributed by atoms with Gasteiger partial charge in [0.2, 0.25) is 5.88 Å². The molecular weight excluding hydrogens is 352 g/mol. The molecule has 1 aromatic carbocycles. The summed E-state index contributed by atoms with van der Waals surface area (Å²) in [6.07, 6.45) is 3.42. The van der Waals surface area contributed by atoms with E-state index in [0.717, 1.165) is 5.69 Å². The molecule has 7 heteroatoms. The second-order valence-electron chi connectivity index (χ2n) is 6.10. The Morgan fingerprint density at radius 3 is 2.69 bits per heavy atom. The van der Waals surface area contributed by atoms with Gasteiger partial charge in [-0.2, -0.15) is 0 Å². The Kier molecular flexibility index (Phi) is 5.08. The number of aliphatic carboxylic acids is 1. The number of rotatable bonds is 5. The van der Waals surface area contributed by atoms with E-state index >= 15 is 0 Å².